The number of benzene rings is 1. The summed E-state index contributed by atoms with van der Waals surface area (Å²) in [6, 6.07) is 13.6. The van der Waals surface area contributed by atoms with Crippen LogP contribution in [0.2, 0.25) is 0 Å². The second-order valence-corrected chi connectivity index (χ2v) is 5.81. The van der Waals surface area contributed by atoms with Crippen molar-refractivity contribution in [1.29, 1.82) is 0 Å². The largest absolute Gasteiger partial charge is 0.350 e. The summed E-state index contributed by atoms with van der Waals surface area (Å²) in [6.45, 7) is 2.07. The Balaban J connectivity index is 1.92. The van der Waals surface area contributed by atoms with Crippen molar-refractivity contribution < 1.29 is 4.79 Å². The maximum atomic E-state index is 12.4. The lowest BCUT2D eigenvalue weighted by Crippen LogP contribution is -2.26. The number of carbonyl (C=O) groups is 1. The molecular formula is C15H14N2OS. The van der Waals surface area contributed by atoms with E-state index in [1.165, 1.54) is 4.88 Å². The lowest BCUT2D eigenvalue weighted by Gasteiger charge is -2.16. The molecule has 3 nitrogen and oxygen atoms in total. The van der Waals surface area contributed by atoms with Crippen LogP contribution in [-0.2, 0) is 0 Å². The molecule has 1 N–H and O–H groups in total. The zero-order valence-electron chi connectivity index (χ0n) is 10.8. The number of aromatic amines is 1. The zero-order chi connectivity index (χ0) is 13.4. The number of hydrogen-bond acceptors (Lipinski definition) is 2. The second-order valence-electron chi connectivity index (χ2n) is 4.52. The third-order valence-electron chi connectivity index (χ3n) is 3.11. The molecule has 3 rings (SSSR count). The molecule has 0 saturated carbocycles. The molecule has 0 aliphatic rings. The fraction of sp³-hybridized carbons (Fsp3) is 0.133. The highest BCUT2D eigenvalue weighted by atomic mass is 32.1. The summed E-state index contributed by atoms with van der Waals surface area (Å²) in [4.78, 5) is 18.5. The van der Waals surface area contributed by atoms with Crippen molar-refractivity contribution in [2.75, 3.05) is 11.9 Å². The van der Waals surface area contributed by atoms with Crippen molar-refractivity contribution in [3.05, 3.63) is 53.0 Å². The molecule has 0 radical (unpaired) electrons. The summed E-state index contributed by atoms with van der Waals surface area (Å²) < 4.78 is 1.13. The molecule has 0 spiro atoms. The van der Waals surface area contributed by atoms with E-state index in [4.69, 9.17) is 0 Å². The van der Waals surface area contributed by atoms with Crippen LogP contribution in [0.5, 0.6) is 0 Å². The van der Waals surface area contributed by atoms with Crippen LogP contribution in [0.1, 0.15) is 15.4 Å². The number of nitrogens with one attached hydrogen (secondary N) is 1. The summed E-state index contributed by atoms with van der Waals surface area (Å²) in [7, 11) is 1.79. The molecule has 4 heteroatoms. The molecule has 19 heavy (non-hydrogen) atoms. The van der Waals surface area contributed by atoms with Crippen molar-refractivity contribution in [3.8, 4) is 0 Å². The number of carbonyl (C=O) groups excluding carboxylic acids is 1. The van der Waals surface area contributed by atoms with Gasteiger partial charge in [0.05, 0.1) is 10.2 Å². The van der Waals surface area contributed by atoms with Crippen molar-refractivity contribution in [3.63, 3.8) is 0 Å². The van der Waals surface area contributed by atoms with Crippen LogP contribution in [0.4, 0.5) is 5.69 Å². The number of aromatic nitrogens is 1. The average molecular weight is 270 g/mol. The minimum atomic E-state index is -0.0211. The molecule has 0 bridgehead atoms. The number of aryl methyl sites for hydroxylation is 1. The normalized spacial score (nSPS) is 10.8. The molecule has 3 aromatic rings. The van der Waals surface area contributed by atoms with Crippen LogP contribution in [0, 0.1) is 6.92 Å². The van der Waals surface area contributed by atoms with E-state index >= 15 is 0 Å². The van der Waals surface area contributed by atoms with E-state index in [0.29, 0.717) is 5.69 Å². The van der Waals surface area contributed by atoms with E-state index in [9.17, 15) is 4.79 Å². The molecule has 1 amide bonds. The Hall–Kier alpha value is -2.07. The predicted molar refractivity (Wildman–Crippen MR) is 80.1 cm³/mol. The first-order valence-corrected chi connectivity index (χ1v) is 6.89. The number of hydrogen-bond donors (Lipinski definition) is 1. The minimum Gasteiger partial charge on any atom is -0.350 e. The first-order valence-electron chi connectivity index (χ1n) is 6.07. The van der Waals surface area contributed by atoms with Crippen molar-refractivity contribution in [2.24, 2.45) is 0 Å². The summed E-state index contributed by atoms with van der Waals surface area (Å²) in [5.74, 6) is -0.0211. The summed E-state index contributed by atoms with van der Waals surface area (Å²) in [5.41, 5.74) is 2.56. The topological polar surface area (TPSA) is 36.1 Å². The summed E-state index contributed by atoms with van der Waals surface area (Å²) in [5, 5.41) is 0. The second kappa shape index (κ2) is 4.55. The van der Waals surface area contributed by atoms with Gasteiger partial charge in [-0.1, -0.05) is 18.2 Å². The van der Waals surface area contributed by atoms with Gasteiger partial charge in [0.25, 0.3) is 5.91 Å². The molecule has 0 aliphatic heterocycles. The third-order valence-corrected chi connectivity index (χ3v) is 4.10. The lowest BCUT2D eigenvalue weighted by atomic mass is 10.3. The van der Waals surface area contributed by atoms with Gasteiger partial charge in [-0.2, -0.15) is 0 Å². The van der Waals surface area contributed by atoms with E-state index in [0.717, 1.165) is 15.9 Å². The number of H-pyrrole nitrogens is 1. The Morgan fingerprint density at radius 2 is 1.95 bits per heavy atom. The molecule has 0 saturated heterocycles. The van der Waals surface area contributed by atoms with E-state index in [-0.39, 0.29) is 5.91 Å². The summed E-state index contributed by atoms with van der Waals surface area (Å²) in [6.07, 6.45) is 0. The fourth-order valence-electron chi connectivity index (χ4n) is 2.11. The minimum absolute atomic E-state index is 0.0211. The Kier molecular flexibility index (Phi) is 2.87. The molecule has 0 unspecified atom stereocenters. The number of nitrogens with zero attached hydrogens (tertiary/aromatic N) is 1. The third kappa shape index (κ3) is 2.15. The quantitative estimate of drug-likeness (QED) is 0.755. The first-order chi connectivity index (χ1) is 9.15. The van der Waals surface area contributed by atoms with Gasteiger partial charge in [-0.15, -0.1) is 11.3 Å². The molecule has 2 aromatic heterocycles. The molecule has 1 aromatic carbocycles. The Morgan fingerprint density at radius 3 is 2.63 bits per heavy atom. The molecule has 0 atom stereocenters. The van der Waals surface area contributed by atoms with Gasteiger partial charge in [0.15, 0.2) is 0 Å². The molecule has 0 fully saturated rings. The zero-order valence-corrected chi connectivity index (χ0v) is 11.6. The van der Waals surface area contributed by atoms with Crippen molar-refractivity contribution >= 4 is 33.1 Å². The smallest absolute Gasteiger partial charge is 0.274 e. The maximum Gasteiger partial charge on any atom is 0.274 e. The van der Waals surface area contributed by atoms with E-state index in [2.05, 4.69) is 18.0 Å². The van der Waals surface area contributed by atoms with Crippen LogP contribution in [0.3, 0.4) is 0 Å². The molecule has 0 aliphatic carbocycles. The Morgan fingerprint density at radius 1 is 1.21 bits per heavy atom. The van der Waals surface area contributed by atoms with Gasteiger partial charge < -0.3 is 9.88 Å². The first kappa shape index (κ1) is 12.0. The SMILES string of the molecule is Cc1cc2[nH]c(C(=O)N(C)c3ccccc3)cc2s1. The lowest BCUT2D eigenvalue weighted by molar-refractivity contribution is 0.0989. The standard InChI is InChI=1S/C15H14N2OS/c1-10-8-12-14(19-10)9-13(16-12)15(18)17(2)11-6-4-3-5-7-11/h3-9,16H,1-2H3. The molecular weight excluding hydrogens is 256 g/mol. The Bertz CT molecular complexity index is 696. The monoisotopic (exact) mass is 270 g/mol. The van der Waals surface area contributed by atoms with Crippen LogP contribution in [0.25, 0.3) is 10.2 Å². The number of anilines is 1. The van der Waals surface area contributed by atoms with Gasteiger partial charge in [0.1, 0.15) is 5.69 Å². The Labute approximate surface area is 115 Å². The van der Waals surface area contributed by atoms with Crippen molar-refractivity contribution in [1.82, 2.24) is 4.98 Å². The molecule has 96 valence electrons. The van der Waals surface area contributed by atoms with Crippen LogP contribution in [-0.4, -0.2) is 17.9 Å². The fourth-order valence-corrected chi connectivity index (χ4v) is 3.03. The van der Waals surface area contributed by atoms with Crippen LogP contribution < -0.4 is 4.90 Å². The van der Waals surface area contributed by atoms with Crippen LogP contribution >= 0.6 is 11.3 Å². The number of para-hydroxylation sites is 1. The number of thiophene rings is 1. The van der Waals surface area contributed by atoms with Gasteiger partial charge in [-0.05, 0) is 31.2 Å². The van der Waals surface area contributed by atoms with Crippen molar-refractivity contribution in [2.45, 2.75) is 6.92 Å². The highest BCUT2D eigenvalue weighted by molar-refractivity contribution is 7.19. The van der Waals surface area contributed by atoms with Gasteiger partial charge in [0.2, 0.25) is 0 Å². The van der Waals surface area contributed by atoms with Gasteiger partial charge in [-0.25, -0.2) is 0 Å². The number of rotatable bonds is 2. The van der Waals surface area contributed by atoms with Gasteiger partial charge in [0, 0.05) is 17.6 Å². The predicted octanol–water partition coefficient (Wildman–Crippen LogP) is 3.81. The van der Waals surface area contributed by atoms with E-state index in [1.807, 2.05) is 36.4 Å². The maximum absolute atomic E-state index is 12.4. The number of fused-ring (bicyclic) bond motifs is 1. The van der Waals surface area contributed by atoms with Gasteiger partial charge in [-0.3, -0.25) is 4.79 Å². The number of amides is 1. The average Bonchev–Trinajstić information content (AvgIpc) is 2.95. The van der Waals surface area contributed by atoms with E-state index in [1.54, 1.807) is 23.3 Å². The van der Waals surface area contributed by atoms with E-state index < -0.39 is 0 Å². The highest BCUT2D eigenvalue weighted by Gasteiger charge is 2.16. The highest BCUT2D eigenvalue weighted by Crippen LogP contribution is 2.26. The summed E-state index contributed by atoms with van der Waals surface area (Å²) >= 11 is 1.70. The molecule has 2 heterocycles. The van der Waals surface area contributed by atoms with Gasteiger partial charge >= 0.3 is 0 Å². The van der Waals surface area contributed by atoms with Crippen LogP contribution in [0.15, 0.2) is 42.5 Å².